The zero-order chi connectivity index (χ0) is 10.8. The van der Waals surface area contributed by atoms with Gasteiger partial charge in [-0.3, -0.25) is 9.78 Å². The number of nitrogens with two attached hydrogens (primary N) is 1. The van der Waals surface area contributed by atoms with E-state index in [-0.39, 0.29) is 11.4 Å². The van der Waals surface area contributed by atoms with E-state index in [1.807, 2.05) is 20.8 Å². The lowest BCUT2D eigenvalue weighted by atomic mass is 10.1. The monoisotopic (exact) mass is 193 g/mol. The van der Waals surface area contributed by atoms with Crippen LogP contribution in [0.5, 0.6) is 0 Å². The first-order valence-corrected chi connectivity index (χ1v) is 4.41. The van der Waals surface area contributed by atoms with Crippen LogP contribution in [0, 0.1) is 0 Å². The third-order valence-corrected chi connectivity index (χ3v) is 1.51. The van der Waals surface area contributed by atoms with Gasteiger partial charge in [0.05, 0.1) is 11.3 Å². The number of carbonyl (C=O) groups excluding carboxylic acids is 1. The van der Waals surface area contributed by atoms with Gasteiger partial charge in [-0.05, 0) is 26.8 Å². The average Bonchev–Trinajstić information content (AvgIpc) is 2.01. The number of amides is 1. The van der Waals surface area contributed by atoms with Crippen molar-refractivity contribution < 1.29 is 4.79 Å². The second kappa shape index (κ2) is 3.65. The summed E-state index contributed by atoms with van der Waals surface area (Å²) in [7, 11) is 0. The molecule has 1 heterocycles. The van der Waals surface area contributed by atoms with Crippen LogP contribution < -0.4 is 11.1 Å². The molecule has 1 amide bonds. The van der Waals surface area contributed by atoms with Gasteiger partial charge < -0.3 is 11.1 Å². The molecule has 0 aliphatic rings. The van der Waals surface area contributed by atoms with Gasteiger partial charge in [-0.15, -0.1) is 0 Å². The van der Waals surface area contributed by atoms with E-state index in [2.05, 4.69) is 10.3 Å². The molecule has 3 N–H and O–H groups in total. The van der Waals surface area contributed by atoms with E-state index in [9.17, 15) is 4.79 Å². The van der Waals surface area contributed by atoms with Gasteiger partial charge in [0.2, 0.25) is 0 Å². The molecule has 0 atom stereocenters. The maximum Gasteiger partial charge on any atom is 0.253 e. The van der Waals surface area contributed by atoms with Crippen LogP contribution in [0.4, 0.5) is 5.69 Å². The highest BCUT2D eigenvalue weighted by Gasteiger charge is 2.15. The van der Waals surface area contributed by atoms with Crippen molar-refractivity contribution >= 4 is 11.6 Å². The van der Waals surface area contributed by atoms with Crippen LogP contribution in [0.1, 0.15) is 31.1 Å². The van der Waals surface area contributed by atoms with Crippen LogP contribution in [0.15, 0.2) is 18.5 Å². The molecule has 1 rings (SSSR count). The summed E-state index contributed by atoms with van der Waals surface area (Å²) >= 11 is 0. The highest BCUT2D eigenvalue weighted by atomic mass is 16.1. The number of carbonyl (C=O) groups is 1. The summed E-state index contributed by atoms with van der Waals surface area (Å²) in [5.41, 5.74) is 6.25. The molecule has 0 radical (unpaired) electrons. The lowest BCUT2D eigenvalue weighted by Gasteiger charge is -2.20. The summed E-state index contributed by atoms with van der Waals surface area (Å²) in [4.78, 5) is 15.5. The first-order chi connectivity index (χ1) is 6.38. The molecule has 4 nitrogen and oxygen atoms in total. The van der Waals surface area contributed by atoms with Gasteiger partial charge >= 0.3 is 0 Å². The van der Waals surface area contributed by atoms with Gasteiger partial charge in [0.25, 0.3) is 5.91 Å². The Labute approximate surface area is 83.5 Å². The number of pyridine rings is 1. The number of nitrogens with one attached hydrogen (secondary N) is 1. The molecule has 76 valence electrons. The molecule has 0 unspecified atom stereocenters. The summed E-state index contributed by atoms with van der Waals surface area (Å²) in [6, 6.07) is 1.61. The third kappa shape index (κ3) is 3.05. The van der Waals surface area contributed by atoms with Crippen LogP contribution in [-0.2, 0) is 0 Å². The fraction of sp³-hybridized carbons (Fsp3) is 0.400. The summed E-state index contributed by atoms with van der Waals surface area (Å²) in [5.74, 6) is -0.155. The Morgan fingerprint density at radius 3 is 2.57 bits per heavy atom. The maximum absolute atomic E-state index is 11.6. The Bertz CT molecular complexity index is 341. The molecule has 4 heteroatoms. The topological polar surface area (TPSA) is 68.0 Å². The van der Waals surface area contributed by atoms with Crippen LogP contribution in [0.25, 0.3) is 0 Å². The Morgan fingerprint density at radius 2 is 2.07 bits per heavy atom. The van der Waals surface area contributed by atoms with Crippen molar-refractivity contribution in [3.63, 3.8) is 0 Å². The third-order valence-electron chi connectivity index (χ3n) is 1.51. The molecule has 0 fully saturated rings. The Morgan fingerprint density at radius 1 is 1.43 bits per heavy atom. The molecule has 0 aliphatic carbocycles. The van der Waals surface area contributed by atoms with Crippen LogP contribution in [0.3, 0.4) is 0 Å². The van der Waals surface area contributed by atoms with E-state index in [0.29, 0.717) is 11.3 Å². The van der Waals surface area contributed by atoms with Crippen LogP contribution in [0.2, 0.25) is 0 Å². The SMILES string of the molecule is CC(C)(C)NC(=O)c1cncc(N)c1. The zero-order valence-electron chi connectivity index (χ0n) is 8.66. The standard InChI is InChI=1S/C10H15N3O/c1-10(2,3)13-9(14)7-4-8(11)6-12-5-7/h4-6H,11H2,1-3H3,(H,13,14). The number of hydrogen-bond acceptors (Lipinski definition) is 3. The van der Waals surface area contributed by atoms with E-state index in [1.165, 1.54) is 12.4 Å². The minimum Gasteiger partial charge on any atom is -0.397 e. The van der Waals surface area contributed by atoms with Gasteiger partial charge in [0.15, 0.2) is 0 Å². The highest BCUT2D eigenvalue weighted by Crippen LogP contribution is 2.06. The van der Waals surface area contributed by atoms with Crippen LogP contribution in [-0.4, -0.2) is 16.4 Å². The average molecular weight is 193 g/mol. The van der Waals surface area contributed by atoms with E-state index >= 15 is 0 Å². The Balaban J connectivity index is 2.80. The van der Waals surface area contributed by atoms with E-state index < -0.39 is 0 Å². The van der Waals surface area contributed by atoms with Gasteiger partial charge in [0, 0.05) is 17.9 Å². The number of rotatable bonds is 1. The molecule has 0 aromatic carbocycles. The number of nitrogens with zero attached hydrogens (tertiary/aromatic N) is 1. The predicted octanol–water partition coefficient (Wildman–Crippen LogP) is 1.19. The molecule has 0 saturated heterocycles. The summed E-state index contributed by atoms with van der Waals surface area (Å²) in [5, 5.41) is 2.83. The summed E-state index contributed by atoms with van der Waals surface area (Å²) < 4.78 is 0. The van der Waals surface area contributed by atoms with Gasteiger partial charge in [0.1, 0.15) is 0 Å². The second-order valence-electron chi connectivity index (χ2n) is 4.21. The number of nitrogen functional groups attached to an aromatic ring is 1. The molecule has 1 aromatic heterocycles. The Hall–Kier alpha value is -1.58. The molecule has 0 spiro atoms. The largest absolute Gasteiger partial charge is 0.397 e. The summed E-state index contributed by atoms with van der Waals surface area (Å²) in [6.07, 6.45) is 3.01. The smallest absolute Gasteiger partial charge is 0.253 e. The van der Waals surface area contributed by atoms with Crippen molar-refractivity contribution in [2.45, 2.75) is 26.3 Å². The fourth-order valence-electron chi connectivity index (χ4n) is 0.995. The quantitative estimate of drug-likeness (QED) is 0.704. The fourth-order valence-corrected chi connectivity index (χ4v) is 0.995. The van der Waals surface area contributed by atoms with Crippen molar-refractivity contribution in [3.05, 3.63) is 24.0 Å². The highest BCUT2D eigenvalue weighted by molar-refractivity contribution is 5.95. The molecule has 14 heavy (non-hydrogen) atoms. The second-order valence-corrected chi connectivity index (χ2v) is 4.21. The normalized spacial score (nSPS) is 11.1. The van der Waals surface area contributed by atoms with Crippen molar-refractivity contribution in [1.29, 1.82) is 0 Å². The lowest BCUT2D eigenvalue weighted by molar-refractivity contribution is 0.0919. The maximum atomic E-state index is 11.6. The molecule has 0 saturated carbocycles. The minimum absolute atomic E-state index is 0.155. The van der Waals surface area contributed by atoms with Gasteiger partial charge in [-0.2, -0.15) is 0 Å². The Kier molecular flexibility index (Phi) is 2.74. The molecule has 0 aliphatic heterocycles. The van der Waals surface area contributed by atoms with Crippen LogP contribution >= 0.6 is 0 Å². The van der Waals surface area contributed by atoms with Crippen molar-refractivity contribution in [3.8, 4) is 0 Å². The first kappa shape index (κ1) is 10.5. The minimum atomic E-state index is -0.248. The van der Waals surface area contributed by atoms with E-state index in [0.717, 1.165) is 0 Å². The molecule has 0 bridgehead atoms. The zero-order valence-corrected chi connectivity index (χ0v) is 8.66. The van der Waals surface area contributed by atoms with Crippen molar-refractivity contribution in [2.24, 2.45) is 0 Å². The summed E-state index contributed by atoms with van der Waals surface area (Å²) in [6.45, 7) is 5.76. The lowest BCUT2D eigenvalue weighted by Crippen LogP contribution is -2.40. The number of hydrogen-bond donors (Lipinski definition) is 2. The van der Waals surface area contributed by atoms with Crippen molar-refractivity contribution in [2.75, 3.05) is 5.73 Å². The first-order valence-electron chi connectivity index (χ1n) is 4.41. The van der Waals surface area contributed by atoms with Gasteiger partial charge in [-0.25, -0.2) is 0 Å². The molecular formula is C10H15N3O. The van der Waals surface area contributed by atoms with E-state index in [4.69, 9.17) is 5.73 Å². The van der Waals surface area contributed by atoms with E-state index in [1.54, 1.807) is 6.07 Å². The predicted molar refractivity (Wildman–Crippen MR) is 55.9 cm³/mol. The van der Waals surface area contributed by atoms with Crippen molar-refractivity contribution in [1.82, 2.24) is 10.3 Å². The number of aromatic nitrogens is 1. The molecule has 1 aromatic rings. The number of anilines is 1. The van der Waals surface area contributed by atoms with Gasteiger partial charge in [-0.1, -0.05) is 0 Å². The molecular weight excluding hydrogens is 178 g/mol.